The number of hydrogen-bond acceptors (Lipinski definition) is 4. The first-order chi connectivity index (χ1) is 8.01. The monoisotopic (exact) mass is 261 g/mol. The highest BCUT2D eigenvalue weighted by atomic mass is 35.5. The molecule has 6 heteroatoms. The minimum atomic E-state index is -0.462. The Morgan fingerprint density at radius 2 is 2.18 bits per heavy atom. The third-order valence-electron chi connectivity index (χ3n) is 1.61. The van der Waals surface area contributed by atoms with Gasteiger partial charge in [0, 0.05) is 20.7 Å². The van der Waals surface area contributed by atoms with E-state index in [4.69, 9.17) is 21.1 Å². The van der Waals surface area contributed by atoms with E-state index in [-0.39, 0.29) is 0 Å². The van der Waals surface area contributed by atoms with Crippen LogP contribution in [0.5, 0.6) is 0 Å². The fourth-order valence-electron chi connectivity index (χ4n) is 0.902. The summed E-state index contributed by atoms with van der Waals surface area (Å²) in [6, 6.07) is 0. The van der Waals surface area contributed by atoms with Crippen LogP contribution in [-0.2, 0) is 9.47 Å². The lowest BCUT2D eigenvalue weighted by molar-refractivity contribution is 0.125. The van der Waals surface area contributed by atoms with Crippen LogP contribution in [0.1, 0.15) is 6.92 Å². The maximum absolute atomic E-state index is 5.85. The molecule has 98 valence electrons. The van der Waals surface area contributed by atoms with Gasteiger partial charge >= 0.3 is 0 Å². The second-order valence-corrected chi connectivity index (χ2v) is 3.86. The number of ether oxygens (including phenoxy) is 2. The number of hydrogen-bond donors (Lipinski definition) is 0. The lowest BCUT2D eigenvalue weighted by atomic mass is 10.5. The van der Waals surface area contributed by atoms with E-state index in [1.807, 2.05) is 21.0 Å². The van der Waals surface area contributed by atoms with E-state index in [0.717, 1.165) is 0 Å². The molecule has 0 saturated carbocycles. The molecule has 0 aliphatic heterocycles. The predicted octanol–water partition coefficient (Wildman–Crippen LogP) is 1.74. The summed E-state index contributed by atoms with van der Waals surface area (Å²) < 4.78 is 10.2. The van der Waals surface area contributed by atoms with Crippen LogP contribution in [0, 0.1) is 0 Å². The molecule has 0 N–H and O–H groups in total. The van der Waals surface area contributed by atoms with Gasteiger partial charge in [0.1, 0.15) is 5.70 Å². The average Bonchev–Trinajstić information content (AvgIpc) is 2.27. The van der Waals surface area contributed by atoms with E-state index in [1.165, 1.54) is 7.11 Å². The van der Waals surface area contributed by atoms with Gasteiger partial charge in [0.2, 0.25) is 5.90 Å². The zero-order valence-electron chi connectivity index (χ0n) is 10.8. The third-order valence-corrected chi connectivity index (χ3v) is 1.87. The normalized spacial score (nSPS) is 13.8. The van der Waals surface area contributed by atoms with Crippen molar-refractivity contribution in [2.24, 2.45) is 9.98 Å². The van der Waals surface area contributed by atoms with Crippen molar-refractivity contribution in [2.75, 3.05) is 34.4 Å². The molecule has 0 saturated heterocycles. The van der Waals surface area contributed by atoms with Gasteiger partial charge in [-0.15, -0.1) is 0 Å². The summed E-state index contributed by atoms with van der Waals surface area (Å²) in [7, 11) is 5.24. The first kappa shape index (κ1) is 15.9. The summed E-state index contributed by atoms with van der Waals surface area (Å²) >= 11 is 5.85. The molecule has 0 amide bonds. The Bertz CT molecular complexity index is 290. The quantitative estimate of drug-likeness (QED) is 0.398. The molecule has 0 aromatic carbocycles. The zero-order chi connectivity index (χ0) is 13.3. The van der Waals surface area contributed by atoms with Crippen LogP contribution in [0.15, 0.2) is 22.3 Å². The second-order valence-electron chi connectivity index (χ2n) is 3.37. The van der Waals surface area contributed by atoms with Crippen LogP contribution < -0.4 is 0 Å². The lowest BCUT2D eigenvalue weighted by Gasteiger charge is -2.09. The van der Waals surface area contributed by atoms with Crippen LogP contribution in [0.4, 0.5) is 0 Å². The molecule has 1 unspecified atom stereocenters. The summed E-state index contributed by atoms with van der Waals surface area (Å²) in [5.74, 6) is 0.355. The molecule has 0 aliphatic carbocycles. The Balaban J connectivity index is 4.39. The van der Waals surface area contributed by atoms with Crippen molar-refractivity contribution < 1.29 is 9.47 Å². The van der Waals surface area contributed by atoms with Gasteiger partial charge in [-0.05, 0) is 6.92 Å². The van der Waals surface area contributed by atoms with Gasteiger partial charge in [0.05, 0.1) is 20.0 Å². The van der Waals surface area contributed by atoms with Gasteiger partial charge in [-0.3, -0.25) is 0 Å². The predicted molar refractivity (Wildman–Crippen MR) is 71.9 cm³/mol. The molecule has 0 aliphatic rings. The molecule has 0 aromatic rings. The first-order valence-electron chi connectivity index (χ1n) is 5.25. The largest absolute Gasteiger partial charge is 0.480 e. The first-order valence-corrected chi connectivity index (χ1v) is 5.68. The minimum Gasteiger partial charge on any atom is -0.480 e. The van der Waals surface area contributed by atoms with Crippen molar-refractivity contribution in [3.8, 4) is 0 Å². The fourth-order valence-corrected chi connectivity index (χ4v) is 1.10. The maximum atomic E-state index is 5.85. The molecular weight excluding hydrogens is 242 g/mol. The summed E-state index contributed by atoms with van der Waals surface area (Å²) in [5.41, 5.74) is -0.0163. The van der Waals surface area contributed by atoms with E-state index in [9.17, 15) is 0 Å². The van der Waals surface area contributed by atoms with E-state index >= 15 is 0 Å². The van der Waals surface area contributed by atoms with E-state index in [2.05, 4.69) is 16.6 Å². The van der Waals surface area contributed by atoms with Crippen molar-refractivity contribution in [1.82, 2.24) is 4.90 Å². The van der Waals surface area contributed by atoms with Crippen LogP contribution >= 0.6 is 11.6 Å². The van der Waals surface area contributed by atoms with Gasteiger partial charge in [-0.25, -0.2) is 9.98 Å². The lowest BCUT2D eigenvalue weighted by Crippen LogP contribution is -2.13. The van der Waals surface area contributed by atoms with Crippen LogP contribution in [0.2, 0.25) is 0 Å². The number of rotatable bonds is 7. The average molecular weight is 262 g/mol. The summed E-state index contributed by atoms with van der Waals surface area (Å²) in [4.78, 5) is 10.0. The van der Waals surface area contributed by atoms with Crippen molar-refractivity contribution >= 4 is 23.8 Å². The Hall–Kier alpha value is -1.07. The minimum absolute atomic E-state index is 0.301. The molecule has 0 radical (unpaired) electrons. The summed E-state index contributed by atoms with van der Waals surface area (Å²) in [6.07, 6.45) is 1.62. The molecular formula is C11H20ClN3O2. The summed E-state index contributed by atoms with van der Waals surface area (Å²) in [5, 5.41) is 0. The SMILES string of the molecule is C=C(/N=C/N(C)C)/C(=N\CC(Cl)OCC)OC. The Kier molecular flexibility index (Phi) is 8.44. The Morgan fingerprint density at radius 3 is 2.65 bits per heavy atom. The Morgan fingerprint density at radius 1 is 1.53 bits per heavy atom. The van der Waals surface area contributed by atoms with Gasteiger partial charge < -0.3 is 14.4 Å². The van der Waals surface area contributed by atoms with E-state index < -0.39 is 5.56 Å². The van der Waals surface area contributed by atoms with Crippen LogP contribution in [0.3, 0.4) is 0 Å². The van der Waals surface area contributed by atoms with Crippen molar-refractivity contribution in [1.29, 1.82) is 0 Å². The maximum Gasteiger partial charge on any atom is 0.234 e. The smallest absolute Gasteiger partial charge is 0.234 e. The highest BCUT2D eigenvalue weighted by Crippen LogP contribution is 2.03. The Labute approximate surface area is 108 Å². The molecule has 0 fully saturated rings. The molecule has 0 rings (SSSR count). The highest BCUT2D eigenvalue weighted by Gasteiger charge is 2.06. The molecule has 0 aromatic heterocycles. The molecule has 17 heavy (non-hydrogen) atoms. The van der Waals surface area contributed by atoms with Gasteiger partial charge in [-0.2, -0.15) is 0 Å². The topological polar surface area (TPSA) is 46.4 Å². The van der Waals surface area contributed by atoms with E-state index in [1.54, 1.807) is 11.2 Å². The van der Waals surface area contributed by atoms with Crippen LogP contribution in [0.25, 0.3) is 0 Å². The van der Waals surface area contributed by atoms with Crippen molar-refractivity contribution in [3.63, 3.8) is 0 Å². The molecule has 5 nitrogen and oxygen atoms in total. The fraction of sp³-hybridized carbons (Fsp3) is 0.636. The van der Waals surface area contributed by atoms with Crippen molar-refractivity contribution in [2.45, 2.75) is 12.5 Å². The number of aliphatic imine (C=N–C) groups is 2. The van der Waals surface area contributed by atoms with Crippen LogP contribution in [-0.4, -0.2) is 57.1 Å². The molecule has 1 atom stereocenters. The van der Waals surface area contributed by atoms with Crippen molar-refractivity contribution in [3.05, 3.63) is 12.3 Å². The summed E-state index contributed by atoms with van der Waals surface area (Å²) in [6.45, 7) is 6.48. The van der Waals surface area contributed by atoms with Gasteiger partial charge in [0.25, 0.3) is 0 Å². The van der Waals surface area contributed by atoms with Gasteiger partial charge in [-0.1, -0.05) is 18.2 Å². The molecule has 0 heterocycles. The highest BCUT2D eigenvalue weighted by molar-refractivity contribution is 6.20. The number of nitrogens with zero attached hydrogens (tertiary/aromatic N) is 3. The van der Waals surface area contributed by atoms with E-state index in [0.29, 0.717) is 24.7 Å². The second kappa shape index (κ2) is 9.01. The number of methoxy groups -OCH3 is 1. The zero-order valence-corrected chi connectivity index (χ0v) is 11.6. The third kappa shape index (κ3) is 7.76. The standard InChI is InChI=1S/C11H20ClN3O2/c1-6-17-10(12)7-13-11(16-5)9(2)14-8-15(3)4/h8,10H,2,6-7H2,1,3-5H3/b13-11+,14-8+. The molecule has 0 spiro atoms. The molecule has 0 bridgehead atoms. The number of halogens is 1. The number of alkyl halides is 1. The van der Waals surface area contributed by atoms with Gasteiger partial charge in [0.15, 0.2) is 5.56 Å².